The molecule has 2 amide bonds. The number of carbonyl (C=O) groups is 3. The Kier molecular flexibility index (Phi) is 6.54. The molecule has 0 radical (unpaired) electrons. The van der Waals surface area contributed by atoms with Gasteiger partial charge in [0.25, 0.3) is 10.0 Å². The molecule has 0 saturated carbocycles. The number of carboxylic acids is 1. The van der Waals surface area contributed by atoms with Crippen LogP contribution in [0.1, 0.15) is 26.0 Å². The molecular formula is C20H26N4O8S2. The molecule has 1 aromatic heterocycles. The van der Waals surface area contributed by atoms with E-state index >= 15 is 0 Å². The number of aliphatic hydroxyl groups is 1. The SMILES string of the molecule is C[C@H](O)[C@H]1C(=O)N2C(C(=O)O)=C(S[C@@H]3CN[C@H](C(=O)NCc4ccc(S(N)(=O)=O)o4)C3)[C@H](C)C12. The second-order valence-corrected chi connectivity index (χ2v) is 11.5. The summed E-state index contributed by atoms with van der Waals surface area (Å²) < 4.78 is 27.7. The number of fused-ring (bicyclic) bond motifs is 1. The van der Waals surface area contributed by atoms with E-state index in [1.165, 1.54) is 35.7 Å². The average Bonchev–Trinajstić information content (AvgIpc) is 3.44. The van der Waals surface area contributed by atoms with Gasteiger partial charge in [-0.05, 0) is 25.5 Å². The second kappa shape index (κ2) is 9.00. The monoisotopic (exact) mass is 514 g/mol. The number of thioether (sulfide) groups is 1. The lowest BCUT2D eigenvalue weighted by molar-refractivity contribution is -0.163. The van der Waals surface area contributed by atoms with Crippen molar-refractivity contribution in [2.24, 2.45) is 17.0 Å². The maximum absolute atomic E-state index is 12.6. The molecule has 2 saturated heterocycles. The molecule has 1 aromatic rings. The summed E-state index contributed by atoms with van der Waals surface area (Å²) in [6, 6.07) is 1.71. The molecule has 0 spiro atoms. The number of hydrogen-bond acceptors (Lipinski definition) is 9. The molecule has 186 valence electrons. The number of aliphatic carboxylic acids is 1. The van der Waals surface area contributed by atoms with Crippen molar-refractivity contribution in [3.63, 3.8) is 0 Å². The zero-order valence-corrected chi connectivity index (χ0v) is 20.1. The molecule has 4 rings (SSSR count). The van der Waals surface area contributed by atoms with Gasteiger partial charge in [-0.25, -0.2) is 18.4 Å². The Morgan fingerprint density at radius 1 is 1.41 bits per heavy atom. The van der Waals surface area contributed by atoms with Gasteiger partial charge in [0.05, 0.1) is 30.7 Å². The number of sulfonamides is 1. The van der Waals surface area contributed by atoms with Gasteiger partial charge in [-0.3, -0.25) is 9.59 Å². The van der Waals surface area contributed by atoms with E-state index in [9.17, 15) is 33.0 Å². The fourth-order valence-corrected chi connectivity index (χ4v) is 6.71. The second-order valence-electron chi connectivity index (χ2n) is 8.69. The number of aliphatic hydroxyl groups excluding tert-OH is 1. The normalized spacial score (nSPS) is 29.7. The van der Waals surface area contributed by atoms with Crippen LogP contribution in [-0.2, 0) is 31.0 Å². The lowest BCUT2D eigenvalue weighted by atomic mass is 9.79. The zero-order valence-electron chi connectivity index (χ0n) is 18.4. The minimum absolute atomic E-state index is 0.0187. The first-order valence-electron chi connectivity index (χ1n) is 10.7. The van der Waals surface area contributed by atoms with Gasteiger partial charge in [-0.15, -0.1) is 11.8 Å². The fraction of sp³-hybridized carbons (Fsp3) is 0.550. The van der Waals surface area contributed by atoms with Gasteiger partial charge in [0.2, 0.25) is 16.9 Å². The Labute approximate surface area is 200 Å². The van der Waals surface area contributed by atoms with Crippen LogP contribution in [0.3, 0.4) is 0 Å². The Hall–Kier alpha value is -2.39. The number of hydrogen-bond donors (Lipinski definition) is 5. The van der Waals surface area contributed by atoms with Crippen LogP contribution in [-0.4, -0.2) is 71.3 Å². The minimum atomic E-state index is -3.96. The molecule has 12 nitrogen and oxygen atoms in total. The highest BCUT2D eigenvalue weighted by atomic mass is 32.2. The van der Waals surface area contributed by atoms with Crippen LogP contribution < -0.4 is 15.8 Å². The van der Waals surface area contributed by atoms with Crippen molar-refractivity contribution in [1.29, 1.82) is 0 Å². The summed E-state index contributed by atoms with van der Waals surface area (Å²) in [4.78, 5) is 38.8. The predicted octanol–water partition coefficient (Wildman–Crippen LogP) is -0.839. The van der Waals surface area contributed by atoms with E-state index in [1.807, 2.05) is 6.92 Å². The van der Waals surface area contributed by atoms with Crippen molar-refractivity contribution in [2.75, 3.05) is 6.54 Å². The fourth-order valence-electron chi connectivity index (χ4n) is 4.75. The van der Waals surface area contributed by atoms with E-state index in [0.29, 0.717) is 17.9 Å². The third-order valence-corrected chi connectivity index (χ3v) is 8.66. The molecule has 0 bridgehead atoms. The van der Waals surface area contributed by atoms with Gasteiger partial charge in [0.1, 0.15) is 11.5 Å². The molecule has 14 heteroatoms. The number of β-lactam (4-membered cyclic amide) rings is 1. The molecule has 3 aliphatic rings. The van der Waals surface area contributed by atoms with Crippen LogP contribution in [0.5, 0.6) is 0 Å². The van der Waals surface area contributed by atoms with Crippen molar-refractivity contribution >= 4 is 39.6 Å². The van der Waals surface area contributed by atoms with E-state index in [1.54, 1.807) is 0 Å². The summed E-state index contributed by atoms with van der Waals surface area (Å²) in [5.41, 5.74) is -0.0409. The third kappa shape index (κ3) is 4.35. The standard InChI is InChI=1S/C20H26N4O8S2/c1-8-15-14(9(2)25)19(27)24(15)16(20(28)29)17(8)33-11-5-12(22-7-11)18(26)23-6-10-3-4-13(32-10)34(21,30)31/h3-4,8-9,11-12,14-15,22,25H,5-7H2,1-2H3,(H,23,26)(H,28,29)(H2,21,30,31)/t8-,9+,11+,12+,14-,15?/m1/s1. The number of furan rings is 1. The lowest BCUT2D eigenvalue weighted by Gasteiger charge is -2.46. The van der Waals surface area contributed by atoms with Crippen molar-refractivity contribution in [3.8, 4) is 0 Å². The maximum atomic E-state index is 12.6. The molecule has 1 unspecified atom stereocenters. The van der Waals surface area contributed by atoms with E-state index in [0.717, 1.165) is 0 Å². The zero-order chi connectivity index (χ0) is 24.9. The van der Waals surface area contributed by atoms with Crippen LogP contribution >= 0.6 is 11.8 Å². The van der Waals surface area contributed by atoms with Gasteiger partial charge in [0.15, 0.2) is 0 Å². The van der Waals surface area contributed by atoms with E-state index in [-0.39, 0.29) is 52.1 Å². The largest absolute Gasteiger partial charge is 0.477 e. The summed E-state index contributed by atoms with van der Waals surface area (Å²) in [6.07, 6.45) is -0.439. The van der Waals surface area contributed by atoms with Gasteiger partial charge in [0, 0.05) is 22.6 Å². The number of nitrogens with zero attached hydrogens (tertiary/aromatic N) is 1. The summed E-state index contributed by atoms with van der Waals surface area (Å²) in [7, 11) is -3.96. The van der Waals surface area contributed by atoms with Gasteiger partial charge in [-0.2, -0.15) is 0 Å². The molecule has 0 aliphatic carbocycles. The topological polar surface area (TPSA) is 192 Å². The Morgan fingerprint density at radius 2 is 2.12 bits per heavy atom. The van der Waals surface area contributed by atoms with E-state index in [2.05, 4.69) is 10.6 Å². The summed E-state index contributed by atoms with van der Waals surface area (Å²) in [5.74, 6) is -2.51. The van der Waals surface area contributed by atoms with Crippen LogP contribution in [0, 0.1) is 11.8 Å². The van der Waals surface area contributed by atoms with Crippen molar-refractivity contribution < 1.29 is 37.4 Å². The molecular weight excluding hydrogens is 488 g/mol. The summed E-state index contributed by atoms with van der Waals surface area (Å²) in [5, 5.41) is 30.0. The van der Waals surface area contributed by atoms with Crippen LogP contribution in [0.2, 0.25) is 0 Å². The number of rotatable bonds is 8. The smallest absolute Gasteiger partial charge is 0.353 e. The Morgan fingerprint density at radius 3 is 2.71 bits per heavy atom. The minimum Gasteiger partial charge on any atom is -0.477 e. The van der Waals surface area contributed by atoms with Crippen LogP contribution in [0.25, 0.3) is 0 Å². The molecule has 4 heterocycles. The average molecular weight is 515 g/mol. The van der Waals surface area contributed by atoms with Gasteiger partial charge in [-0.1, -0.05) is 6.92 Å². The first kappa shape index (κ1) is 24.7. The van der Waals surface area contributed by atoms with Crippen molar-refractivity contribution in [2.45, 2.75) is 55.3 Å². The molecule has 6 atom stereocenters. The summed E-state index contributed by atoms with van der Waals surface area (Å²) in [6.45, 7) is 3.82. The number of nitrogens with one attached hydrogen (secondary N) is 2. The molecule has 3 aliphatic heterocycles. The highest BCUT2D eigenvalue weighted by molar-refractivity contribution is 8.03. The highest BCUT2D eigenvalue weighted by Crippen LogP contribution is 2.51. The summed E-state index contributed by atoms with van der Waals surface area (Å²) >= 11 is 1.35. The highest BCUT2D eigenvalue weighted by Gasteiger charge is 2.60. The number of carboxylic acid groups (broad SMARTS) is 1. The van der Waals surface area contributed by atoms with Crippen LogP contribution in [0.4, 0.5) is 0 Å². The van der Waals surface area contributed by atoms with Crippen LogP contribution in [0.15, 0.2) is 32.2 Å². The van der Waals surface area contributed by atoms with Gasteiger partial charge >= 0.3 is 5.97 Å². The first-order valence-corrected chi connectivity index (χ1v) is 13.1. The predicted molar refractivity (Wildman–Crippen MR) is 119 cm³/mol. The molecule has 0 aromatic carbocycles. The molecule has 34 heavy (non-hydrogen) atoms. The maximum Gasteiger partial charge on any atom is 0.353 e. The van der Waals surface area contributed by atoms with Crippen molar-refractivity contribution in [3.05, 3.63) is 28.5 Å². The number of primary sulfonamides is 1. The molecule has 2 fully saturated rings. The third-order valence-electron chi connectivity index (χ3n) is 6.37. The van der Waals surface area contributed by atoms with E-state index in [4.69, 9.17) is 9.56 Å². The number of nitrogens with two attached hydrogens (primary N) is 1. The Bertz CT molecular complexity index is 1160. The van der Waals surface area contributed by atoms with E-state index < -0.39 is 34.1 Å². The van der Waals surface area contributed by atoms with Crippen molar-refractivity contribution in [1.82, 2.24) is 15.5 Å². The quantitative estimate of drug-likeness (QED) is 0.273. The first-order chi connectivity index (χ1) is 15.9. The lowest BCUT2D eigenvalue weighted by Crippen LogP contribution is -2.63. The Balaban J connectivity index is 1.37. The van der Waals surface area contributed by atoms with Gasteiger partial charge < -0.3 is 30.2 Å². The molecule has 6 N–H and O–H groups in total. The number of carbonyl (C=O) groups excluding carboxylic acids is 2. The number of amides is 2.